The van der Waals surface area contributed by atoms with Crippen LogP contribution in [0.5, 0.6) is 0 Å². The molecule has 4 rings (SSSR count). The summed E-state index contributed by atoms with van der Waals surface area (Å²) in [6, 6.07) is 8.06. The summed E-state index contributed by atoms with van der Waals surface area (Å²) in [6.45, 7) is 5.57. The molecule has 2 heterocycles. The fourth-order valence-electron chi connectivity index (χ4n) is 3.34. The molecule has 0 atom stereocenters. The Morgan fingerprint density at radius 2 is 2.00 bits per heavy atom. The van der Waals surface area contributed by atoms with Crippen LogP contribution in [0.25, 0.3) is 0 Å². The van der Waals surface area contributed by atoms with E-state index in [1.165, 1.54) is 29.3 Å². The smallest absolute Gasteiger partial charge is 0.279 e. The molecule has 24 heavy (non-hydrogen) atoms. The molecule has 0 saturated heterocycles. The first-order chi connectivity index (χ1) is 11.5. The molecule has 1 aromatic heterocycles. The van der Waals surface area contributed by atoms with Crippen molar-refractivity contribution in [2.24, 2.45) is 0 Å². The lowest BCUT2D eigenvalue weighted by atomic mass is 10.1. The van der Waals surface area contributed by atoms with Crippen molar-refractivity contribution in [3.8, 4) is 0 Å². The van der Waals surface area contributed by atoms with Gasteiger partial charge >= 0.3 is 0 Å². The first kappa shape index (κ1) is 15.7. The largest absolute Gasteiger partial charge is 0.292 e. The van der Waals surface area contributed by atoms with Gasteiger partial charge in [0.05, 0.1) is 11.9 Å². The Morgan fingerprint density at radius 3 is 2.71 bits per heavy atom. The molecule has 0 radical (unpaired) electrons. The number of nitrogens with one attached hydrogen (secondary N) is 1. The van der Waals surface area contributed by atoms with E-state index in [2.05, 4.69) is 20.8 Å². The van der Waals surface area contributed by atoms with Crippen molar-refractivity contribution in [1.29, 1.82) is 0 Å². The van der Waals surface area contributed by atoms with Gasteiger partial charge in [0.25, 0.3) is 10.0 Å². The van der Waals surface area contributed by atoms with Crippen LogP contribution in [0.4, 0.5) is 5.69 Å². The van der Waals surface area contributed by atoms with Crippen LogP contribution in [0, 0.1) is 0 Å². The number of benzene rings is 1. The zero-order valence-electron chi connectivity index (χ0n) is 13.9. The molecule has 1 fully saturated rings. The fourth-order valence-corrected chi connectivity index (χ4v) is 4.67. The van der Waals surface area contributed by atoms with E-state index in [1.807, 2.05) is 26.0 Å². The SMILES string of the molecule is CC(C)n1nccc1S(=O)(=O)Nc1cccc2c1CN(C1CC1)C2. The van der Waals surface area contributed by atoms with E-state index < -0.39 is 10.0 Å². The zero-order chi connectivity index (χ0) is 16.9. The summed E-state index contributed by atoms with van der Waals surface area (Å²) < 4.78 is 30.0. The van der Waals surface area contributed by atoms with Crippen LogP contribution in [-0.4, -0.2) is 29.1 Å². The minimum Gasteiger partial charge on any atom is -0.292 e. The molecule has 7 heteroatoms. The van der Waals surface area contributed by atoms with E-state index in [0.717, 1.165) is 18.7 Å². The molecule has 0 bridgehead atoms. The molecule has 1 aromatic carbocycles. The van der Waals surface area contributed by atoms with Crippen LogP contribution in [0.1, 0.15) is 43.9 Å². The first-order valence-electron chi connectivity index (χ1n) is 8.37. The molecule has 2 aromatic rings. The number of nitrogens with zero attached hydrogens (tertiary/aromatic N) is 3. The van der Waals surface area contributed by atoms with Gasteiger partial charge < -0.3 is 0 Å². The van der Waals surface area contributed by atoms with Gasteiger partial charge in [0.1, 0.15) is 0 Å². The highest BCUT2D eigenvalue weighted by molar-refractivity contribution is 7.92. The van der Waals surface area contributed by atoms with Crippen LogP contribution in [0.2, 0.25) is 0 Å². The third-order valence-electron chi connectivity index (χ3n) is 4.71. The molecule has 2 aliphatic rings. The molecule has 1 N–H and O–H groups in total. The van der Waals surface area contributed by atoms with E-state index in [0.29, 0.717) is 11.7 Å². The van der Waals surface area contributed by atoms with E-state index in [1.54, 1.807) is 6.07 Å². The summed E-state index contributed by atoms with van der Waals surface area (Å²) in [5.74, 6) is 0. The molecule has 1 aliphatic heterocycles. The quantitative estimate of drug-likeness (QED) is 0.904. The Kier molecular flexibility index (Phi) is 3.65. The molecule has 6 nitrogen and oxygen atoms in total. The third kappa shape index (κ3) is 2.71. The Bertz CT molecular complexity index is 868. The summed E-state index contributed by atoms with van der Waals surface area (Å²) in [5.41, 5.74) is 3.01. The van der Waals surface area contributed by atoms with Crippen molar-refractivity contribution in [2.45, 2.75) is 56.9 Å². The van der Waals surface area contributed by atoms with E-state index in [-0.39, 0.29) is 11.1 Å². The minimum absolute atomic E-state index is 0.0154. The summed E-state index contributed by atoms with van der Waals surface area (Å²) in [5, 5.41) is 4.33. The van der Waals surface area contributed by atoms with Gasteiger partial charge in [-0.3, -0.25) is 9.62 Å². The Morgan fingerprint density at radius 1 is 1.21 bits per heavy atom. The molecule has 0 amide bonds. The van der Waals surface area contributed by atoms with Crippen molar-refractivity contribution in [3.05, 3.63) is 41.6 Å². The maximum Gasteiger partial charge on any atom is 0.279 e. The van der Waals surface area contributed by atoms with Gasteiger partial charge in [0.15, 0.2) is 5.03 Å². The second-order valence-electron chi connectivity index (χ2n) is 6.89. The maximum atomic E-state index is 12.8. The van der Waals surface area contributed by atoms with Crippen molar-refractivity contribution >= 4 is 15.7 Å². The number of hydrogen-bond acceptors (Lipinski definition) is 4. The fraction of sp³-hybridized carbons (Fsp3) is 0.471. The highest BCUT2D eigenvalue weighted by Crippen LogP contribution is 2.37. The Hall–Kier alpha value is -1.86. The van der Waals surface area contributed by atoms with Crippen molar-refractivity contribution in [1.82, 2.24) is 14.7 Å². The van der Waals surface area contributed by atoms with Gasteiger partial charge in [0.2, 0.25) is 0 Å². The highest BCUT2D eigenvalue weighted by Gasteiger charge is 2.34. The average molecular weight is 346 g/mol. The normalized spacial score (nSPS) is 18.1. The van der Waals surface area contributed by atoms with Gasteiger partial charge in [-0.05, 0) is 49.9 Å². The number of rotatable bonds is 5. The monoisotopic (exact) mass is 346 g/mol. The van der Waals surface area contributed by atoms with E-state index in [4.69, 9.17) is 0 Å². The molecule has 128 valence electrons. The molecular weight excluding hydrogens is 324 g/mol. The van der Waals surface area contributed by atoms with Crippen LogP contribution in [-0.2, 0) is 23.1 Å². The number of sulfonamides is 1. The lowest BCUT2D eigenvalue weighted by Crippen LogP contribution is -2.20. The molecule has 1 saturated carbocycles. The number of hydrogen-bond donors (Lipinski definition) is 1. The van der Waals surface area contributed by atoms with Crippen LogP contribution in [0.3, 0.4) is 0 Å². The second-order valence-corrected chi connectivity index (χ2v) is 8.52. The highest BCUT2D eigenvalue weighted by atomic mass is 32.2. The number of aromatic nitrogens is 2. The lowest BCUT2D eigenvalue weighted by Gasteiger charge is -2.15. The summed E-state index contributed by atoms with van der Waals surface area (Å²) in [6.07, 6.45) is 4.03. The third-order valence-corrected chi connectivity index (χ3v) is 6.08. The number of fused-ring (bicyclic) bond motifs is 1. The topological polar surface area (TPSA) is 67.2 Å². The second kappa shape index (κ2) is 5.60. The predicted molar refractivity (Wildman–Crippen MR) is 92.1 cm³/mol. The molecule has 0 unspecified atom stereocenters. The first-order valence-corrected chi connectivity index (χ1v) is 9.85. The Balaban J connectivity index is 1.64. The number of anilines is 1. The van der Waals surface area contributed by atoms with Gasteiger partial charge in [-0.2, -0.15) is 13.5 Å². The molecule has 0 spiro atoms. The van der Waals surface area contributed by atoms with Gasteiger partial charge in [-0.15, -0.1) is 0 Å². The van der Waals surface area contributed by atoms with E-state index >= 15 is 0 Å². The molecule has 1 aliphatic carbocycles. The van der Waals surface area contributed by atoms with Crippen molar-refractivity contribution < 1.29 is 8.42 Å². The summed E-state index contributed by atoms with van der Waals surface area (Å²) in [7, 11) is -3.66. The maximum absolute atomic E-state index is 12.8. The predicted octanol–water partition coefficient (Wildman–Crippen LogP) is 2.74. The summed E-state index contributed by atoms with van der Waals surface area (Å²) in [4.78, 5) is 2.43. The minimum atomic E-state index is -3.66. The van der Waals surface area contributed by atoms with Crippen molar-refractivity contribution in [3.63, 3.8) is 0 Å². The van der Waals surface area contributed by atoms with E-state index in [9.17, 15) is 8.42 Å². The standard InChI is InChI=1S/C17H22N4O2S/c1-12(2)21-17(8-9-18-21)24(22,23)19-16-5-3-4-13-10-20(11-15(13)16)14-6-7-14/h3-5,8-9,12,14,19H,6-7,10-11H2,1-2H3. The lowest BCUT2D eigenvalue weighted by molar-refractivity contribution is 0.273. The van der Waals surface area contributed by atoms with Crippen LogP contribution >= 0.6 is 0 Å². The van der Waals surface area contributed by atoms with Gasteiger partial charge in [-0.25, -0.2) is 4.68 Å². The molecular formula is C17H22N4O2S. The average Bonchev–Trinajstić information content (AvgIpc) is 3.09. The van der Waals surface area contributed by atoms with Gasteiger partial charge in [-0.1, -0.05) is 12.1 Å². The zero-order valence-corrected chi connectivity index (χ0v) is 14.8. The Labute approximate surface area is 142 Å². The summed E-state index contributed by atoms with van der Waals surface area (Å²) >= 11 is 0. The van der Waals surface area contributed by atoms with Crippen LogP contribution in [0.15, 0.2) is 35.5 Å². The van der Waals surface area contributed by atoms with Crippen molar-refractivity contribution in [2.75, 3.05) is 4.72 Å². The van der Waals surface area contributed by atoms with Gasteiger partial charge in [0, 0.05) is 25.2 Å². The van der Waals surface area contributed by atoms with Crippen LogP contribution < -0.4 is 4.72 Å².